The molecular weight excluding hydrogens is 845 g/mol. The maximum Gasteiger partial charge on any atom is 0.325 e. The number of nitrogens with zero attached hydrogens (tertiary/aromatic N) is 1. The predicted molar refractivity (Wildman–Crippen MR) is 231 cm³/mol. The quantitative estimate of drug-likeness (QED) is 0.0310. The van der Waals surface area contributed by atoms with Gasteiger partial charge in [0.2, 0.25) is 47.3 Å². The van der Waals surface area contributed by atoms with Crippen LogP contribution in [0.4, 0.5) is 0 Å². The average Bonchev–Trinajstić information content (AvgIpc) is 3.74. The highest BCUT2D eigenvalue weighted by molar-refractivity contribution is 7.80. The van der Waals surface area contributed by atoms with E-state index in [-0.39, 0.29) is 31.6 Å². The number of hydrogen-bond donors (Lipinski definition) is 13. The first-order valence-corrected chi connectivity index (χ1v) is 21.4. The zero-order chi connectivity index (χ0) is 47.4. The molecule has 0 aliphatic carbocycles. The van der Waals surface area contributed by atoms with Gasteiger partial charge in [0.15, 0.2) is 0 Å². The summed E-state index contributed by atoms with van der Waals surface area (Å²) in [6, 6.07) is -1.49. The van der Waals surface area contributed by atoms with Gasteiger partial charge in [0.1, 0.15) is 48.3 Å². The molecule has 1 aromatic rings. The fourth-order valence-corrected chi connectivity index (χ4v) is 6.73. The number of aliphatic hydroxyl groups is 2. The molecule has 22 nitrogen and oxygen atoms in total. The van der Waals surface area contributed by atoms with Crippen molar-refractivity contribution < 1.29 is 58.5 Å². The van der Waals surface area contributed by atoms with Crippen LogP contribution in [0.3, 0.4) is 0 Å². The van der Waals surface area contributed by atoms with Crippen molar-refractivity contribution in [2.45, 2.75) is 121 Å². The summed E-state index contributed by atoms with van der Waals surface area (Å²) in [6.45, 7) is 4.90. The maximum atomic E-state index is 14.0. The molecule has 1 aliphatic heterocycles. The minimum Gasteiger partial charge on any atom is -0.480 e. The third-order valence-electron chi connectivity index (χ3n) is 10.1. The number of thiol groups is 1. The van der Waals surface area contributed by atoms with Crippen LogP contribution in [-0.4, -0.2) is 160 Å². The molecular formula is C40H64N10O12S. The lowest BCUT2D eigenvalue weighted by molar-refractivity contribution is -0.143. The lowest BCUT2D eigenvalue weighted by atomic mass is 10.0. The number of benzene rings is 1. The molecule has 9 atom stereocenters. The van der Waals surface area contributed by atoms with E-state index in [4.69, 9.17) is 11.5 Å². The monoisotopic (exact) mass is 908 g/mol. The van der Waals surface area contributed by atoms with E-state index < -0.39 is 127 Å². The van der Waals surface area contributed by atoms with Crippen molar-refractivity contribution in [1.29, 1.82) is 0 Å². The fraction of sp³-hybridized carbons (Fsp3) is 0.625. The van der Waals surface area contributed by atoms with Crippen molar-refractivity contribution in [1.82, 2.24) is 42.1 Å². The molecule has 0 spiro atoms. The van der Waals surface area contributed by atoms with Crippen LogP contribution in [-0.2, 0) is 49.6 Å². The Bertz CT molecular complexity index is 1740. The Morgan fingerprint density at radius 3 is 2.00 bits per heavy atom. The topological polar surface area (TPSA) is 354 Å². The molecule has 23 heteroatoms. The zero-order valence-corrected chi connectivity index (χ0v) is 36.9. The number of likely N-dealkylation sites (tertiary alicyclic amines) is 1. The number of carboxylic acids is 1. The Morgan fingerprint density at radius 2 is 1.43 bits per heavy atom. The van der Waals surface area contributed by atoms with Crippen molar-refractivity contribution in [2.75, 3.05) is 32.0 Å². The van der Waals surface area contributed by atoms with E-state index >= 15 is 0 Å². The van der Waals surface area contributed by atoms with Crippen molar-refractivity contribution in [2.24, 2.45) is 17.4 Å². The number of hydrogen-bond acceptors (Lipinski definition) is 14. The zero-order valence-electron chi connectivity index (χ0n) is 36.0. The van der Waals surface area contributed by atoms with Crippen LogP contribution in [0.2, 0.25) is 0 Å². The summed E-state index contributed by atoms with van der Waals surface area (Å²) >= 11 is 4.19. The van der Waals surface area contributed by atoms with Gasteiger partial charge in [-0.2, -0.15) is 12.6 Å². The molecule has 0 saturated carbocycles. The summed E-state index contributed by atoms with van der Waals surface area (Å²) in [5, 5.41) is 46.1. The Balaban J connectivity index is 2.13. The summed E-state index contributed by atoms with van der Waals surface area (Å²) in [7, 11) is 0. The number of aliphatic carboxylic acids is 1. The van der Waals surface area contributed by atoms with Gasteiger partial charge in [-0.05, 0) is 64.0 Å². The third kappa shape index (κ3) is 17.4. The van der Waals surface area contributed by atoms with Crippen molar-refractivity contribution >= 4 is 65.9 Å². The van der Waals surface area contributed by atoms with Crippen LogP contribution in [0.5, 0.6) is 0 Å². The normalized spacial score (nSPS) is 17.4. The van der Waals surface area contributed by atoms with Crippen LogP contribution in [0.1, 0.15) is 65.4 Å². The predicted octanol–water partition coefficient (Wildman–Crippen LogP) is -4.24. The first-order chi connectivity index (χ1) is 29.7. The number of amides is 8. The van der Waals surface area contributed by atoms with Gasteiger partial charge in [0, 0.05) is 18.7 Å². The van der Waals surface area contributed by atoms with Crippen LogP contribution in [0, 0.1) is 5.92 Å². The van der Waals surface area contributed by atoms with Gasteiger partial charge < -0.3 is 68.9 Å². The van der Waals surface area contributed by atoms with E-state index in [9.17, 15) is 58.5 Å². The Morgan fingerprint density at radius 1 is 0.794 bits per heavy atom. The molecule has 8 amide bonds. The molecule has 1 heterocycles. The summed E-state index contributed by atoms with van der Waals surface area (Å²) in [5.41, 5.74) is 11.9. The summed E-state index contributed by atoms with van der Waals surface area (Å²) in [4.78, 5) is 119. The lowest BCUT2D eigenvalue weighted by Crippen LogP contribution is -2.61. The first-order valence-electron chi connectivity index (χ1n) is 20.8. The first kappa shape index (κ1) is 53.8. The molecule has 14 N–H and O–H groups in total. The van der Waals surface area contributed by atoms with Gasteiger partial charge in [0.25, 0.3) is 0 Å². The molecule has 0 unspecified atom stereocenters. The standard InChI is InChI=1S/C40H64N10O12S/c1-21(2)31(48-33(54)25(42)19-51)38(59)46-26(13-8-9-15-41)39(60)50-16-10-14-29(50)36(57)47-28(20-63)35(56)49-32(23(4)52)37(58)43-18-30(53)45-27(17-24-11-6-5-7-12-24)34(55)44-22(3)40(61)62/h5-7,11-12,21-23,25-29,31-32,51-52,63H,8-10,13-20,41-42H2,1-4H3,(H,43,58)(H,44,55)(H,45,53)(H,46,59)(H,47,57)(H,48,54)(H,49,56)(H,61,62)/t22-,23+,25-,26-,27-,28-,29-,31-,32-/m0/s1. The second-order valence-corrected chi connectivity index (χ2v) is 16.0. The molecule has 1 saturated heterocycles. The Kier molecular flexibility index (Phi) is 23.0. The summed E-state index contributed by atoms with van der Waals surface area (Å²) < 4.78 is 0. The second-order valence-electron chi connectivity index (χ2n) is 15.6. The van der Waals surface area contributed by atoms with Gasteiger partial charge in [-0.25, -0.2) is 0 Å². The van der Waals surface area contributed by atoms with Gasteiger partial charge in [0.05, 0.1) is 19.3 Å². The molecule has 63 heavy (non-hydrogen) atoms. The van der Waals surface area contributed by atoms with E-state index in [1.54, 1.807) is 44.2 Å². The Hall–Kier alpha value is -5.36. The van der Waals surface area contributed by atoms with E-state index in [0.29, 0.717) is 31.4 Å². The molecule has 352 valence electrons. The smallest absolute Gasteiger partial charge is 0.325 e. The number of nitrogens with two attached hydrogens (primary N) is 2. The van der Waals surface area contributed by atoms with Gasteiger partial charge in [-0.1, -0.05) is 44.2 Å². The molecule has 0 aromatic heterocycles. The molecule has 1 fully saturated rings. The number of unbranched alkanes of at least 4 members (excludes halogenated alkanes) is 1. The van der Waals surface area contributed by atoms with Crippen LogP contribution in [0.15, 0.2) is 30.3 Å². The van der Waals surface area contributed by atoms with E-state index in [1.165, 1.54) is 18.7 Å². The minimum absolute atomic E-state index is 0.0110. The van der Waals surface area contributed by atoms with E-state index in [0.717, 1.165) is 0 Å². The highest BCUT2D eigenvalue weighted by Gasteiger charge is 2.40. The second kappa shape index (κ2) is 27.0. The van der Waals surface area contributed by atoms with Crippen molar-refractivity contribution in [3.05, 3.63) is 35.9 Å². The highest BCUT2D eigenvalue weighted by atomic mass is 32.1. The highest BCUT2D eigenvalue weighted by Crippen LogP contribution is 2.21. The molecule has 0 bridgehead atoms. The third-order valence-corrected chi connectivity index (χ3v) is 10.5. The fourth-order valence-electron chi connectivity index (χ4n) is 6.47. The lowest BCUT2D eigenvalue weighted by Gasteiger charge is -2.31. The number of rotatable bonds is 26. The largest absolute Gasteiger partial charge is 0.480 e. The summed E-state index contributed by atoms with van der Waals surface area (Å²) in [5.74, 6) is -8.31. The van der Waals surface area contributed by atoms with Crippen molar-refractivity contribution in [3.8, 4) is 0 Å². The minimum atomic E-state index is -1.63. The van der Waals surface area contributed by atoms with Crippen molar-refractivity contribution in [3.63, 3.8) is 0 Å². The molecule has 0 radical (unpaired) electrons. The van der Waals surface area contributed by atoms with E-state index in [1.807, 2.05) is 0 Å². The van der Waals surface area contributed by atoms with Crippen LogP contribution in [0.25, 0.3) is 0 Å². The number of carboxylic acid groups (broad SMARTS) is 1. The van der Waals surface area contributed by atoms with Gasteiger partial charge in [-0.15, -0.1) is 0 Å². The number of carbonyl (C=O) groups is 9. The molecule has 2 rings (SSSR count). The molecule has 1 aromatic carbocycles. The maximum absolute atomic E-state index is 14.0. The van der Waals surface area contributed by atoms with E-state index in [2.05, 4.69) is 49.8 Å². The Labute approximate surface area is 371 Å². The number of nitrogens with one attached hydrogen (secondary N) is 7. The average molecular weight is 909 g/mol. The van der Waals surface area contributed by atoms with Crippen LogP contribution < -0.4 is 48.7 Å². The van der Waals surface area contributed by atoms with Crippen LogP contribution >= 0.6 is 12.6 Å². The van der Waals surface area contributed by atoms with Gasteiger partial charge >= 0.3 is 5.97 Å². The number of aliphatic hydroxyl groups excluding tert-OH is 2. The molecule has 1 aliphatic rings. The SMILES string of the molecule is CC(C)[C@H](NC(=O)[C@@H](N)CO)C(=O)N[C@@H](CCCCN)C(=O)N1CCC[C@H]1C(=O)N[C@@H](CS)C(=O)N[C@H](C(=O)NCC(=O)N[C@@H](Cc1ccccc1)C(=O)N[C@@H](C)C(=O)O)[C@@H](C)O. The summed E-state index contributed by atoms with van der Waals surface area (Å²) in [6.07, 6.45) is 0.222. The number of carbonyl (C=O) groups excluding carboxylic acids is 8. The van der Waals surface area contributed by atoms with Gasteiger partial charge in [-0.3, -0.25) is 43.2 Å².